The molecule has 0 aliphatic rings. The Bertz CT molecular complexity index is 1170. The number of rotatable bonds is 4. The molecule has 0 aromatic carbocycles. The fourth-order valence-corrected chi connectivity index (χ4v) is 2.95. The van der Waals surface area contributed by atoms with Crippen LogP contribution in [0.1, 0.15) is 31.1 Å². The minimum Gasteiger partial charge on any atom is -0.438 e. The van der Waals surface area contributed by atoms with Gasteiger partial charge < -0.3 is 19.0 Å². The molecule has 0 saturated heterocycles. The minimum absolute atomic E-state index is 0. The summed E-state index contributed by atoms with van der Waals surface area (Å²) in [7, 11) is 0. The second-order valence-corrected chi connectivity index (χ2v) is 6.68. The molecular formula is C21H14N8Pt. The molecule has 4 heterocycles. The predicted molar refractivity (Wildman–Crippen MR) is 103 cm³/mol. The Morgan fingerprint density at radius 1 is 0.967 bits per heavy atom. The molecule has 0 saturated carbocycles. The Morgan fingerprint density at radius 2 is 1.53 bits per heavy atom. The zero-order chi connectivity index (χ0) is 20.4. The maximum atomic E-state index is 9.22. The molecule has 4 rings (SSSR count). The summed E-state index contributed by atoms with van der Waals surface area (Å²) in [5, 5.41) is 9.22. The maximum absolute atomic E-state index is 9.22. The van der Waals surface area contributed by atoms with Crippen LogP contribution < -0.4 is 0 Å². The van der Waals surface area contributed by atoms with Crippen molar-refractivity contribution in [2.45, 2.75) is 19.3 Å². The van der Waals surface area contributed by atoms with Crippen LogP contribution in [-0.4, -0.2) is 29.1 Å². The van der Waals surface area contributed by atoms with Gasteiger partial charge in [-0.15, -0.1) is 11.6 Å². The average molecular weight is 573 g/mol. The van der Waals surface area contributed by atoms with Crippen molar-refractivity contribution in [1.82, 2.24) is 29.1 Å². The van der Waals surface area contributed by atoms with Gasteiger partial charge in [0.2, 0.25) is 0 Å². The molecule has 0 unspecified atom stereocenters. The number of hydrogen-bond acceptors (Lipinski definition) is 5. The third-order valence-electron chi connectivity index (χ3n) is 4.56. The van der Waals surface area contributed by atoms with Gasteiger partial charge in [-0.25, -0.2) is 5.26 Å². The van der Waals surface area contributed by atoms with Crippen LogP contribution in [0.3, 0.4) is 0 Å². The average Bonchev–Trinajstić information content (AvgIpc) is 3.43. The van der Waals surface area contributed by atoms with E-state index < -0.39 is 5.41 Å². The van der Waals surface area contributed by atoms with Crippen LogP contribution in [-0.2, 0) is 26.5 Å². The molecule has 4 aromatic rings. The molecule has 9 heteroatoms. The van der Waals surface area contributed by atoms with Crippen LogP contribution in [0.25, 0.3) is 16.5 Å². The van der Waals surface area contributed by atoms with E-state index in [1.807, 2.05) is 44.2 Å². The van der Waals surface area contributed by atoms with Gasteiger partial charge in [0.1, 0.15) is 5.82 Å². The molecule has 0 aliphatic heterocycles. The van der Waals surface area contributed by atoms with E-state index in [4.69, 9.17) is 16.5 Å². The van der Waals surface area contributed by atoms with E-state index >= 15 is 0 Å². The molecular weight excluding hydrogens is 559 g/mol. The topological polar surface area (TPSA) is 89.6 Å². The zero-order valence-corrected chi connectivity index (χ0v) is 18.3. The summed E-state index contributed by atoms with van der Waals surface area (Å²) in [5.74, 6) is 1.53. The predicted octanol–water partition coefficient (Wildman–Crippen LogP) is 3.19. The van der Waals surface area contributed by atoms with Crippen molar-refractivity contribution in [3.05, 3.63) is 89.8 Å². The van der Waals surface area contributed by atoms with Crippen molar-refractivity contribution in [1.29, 1.82) is 5.26 Å². The molecule has 0 N–H and O–H groups in total. The smallest absolute Gasteiger partial charge is 0.438 e. The van der Waals surface area contributed by atoms with Gasteiger partial charge >= 0.3 is 27.0 Å². The van der Waals surface area contributed by atoms with Gasteiger partial charge in [-0.1, -0.05) is 30.5 Å². The van der Waals surface area contributed by atoms with E-state index in [0.29, 0.717) is 11.6 Å². The Hall–Kier alpha value is -3.61. The van der Waals surface area contributed by atoms with Crippen molar-refractivity contribution in [2.75, 3.05) is 0 Å². The van der Waals surface area contributed by atoms with Crippen molar-refractivity contribution < 1.29 is 21.1 Å². The fraction of sp³-hybridized carbons (Fsp3) is 0.143. The molecule has 0 fully saturated rings. The van der Waals surface area contributed by atoms with Crippen molar-refractivity contribution in [2.24, 2.45) is 0 Å². The first-order chi connectivity index (χ1) is 14.0. The second kappa shape index (κ2) is 8.40. The van der Waals surface area contributed by atoms with E-state index in [1.165, 1.54) is 21.5 Å². The summed E-state index contributed by atoms with van der Waals surface area (Å²) in [6.07, 6.45) is 8.69. The molecule has 0 amide bonds. The van der Waals surface area contributed by atoms with Gasteiger partial charge in [0.05, 0.1) is 18.1 Å². The van der Waals surface area contributed by atoms with Crippen LogP contribution in [0.2, 0.25) is 0 Å². The van der Waals surface area contributed by atoms with Crippen molar-refractivity contribution in [3.63, 3.8) is 0 Å². The summed E-state index contributed by atoms with van der Waals surface area (Å²) in [6, 6.07) is 13.2. The summed E-state index contributed by atoms with van der Waals surface area (Å²) in [6.45, 7) is 11.3. The monoisotopic (exact) mass is 573 g/mol. The fourth-order valence-electron chi connectivity index (χ4n) is 2.95. The molecule has 4 aromatic heterocycles. The van der Waals surface area contributed by atoms with Gasteiger partial charge in [0.15, 0.2) is 0 Å². The third-order valence-corrected chi connectivity index (χ3v) is 4.56. The normalized spacial score (nSPS) is 10.7. The Labute approximate surface area is 188 Å². The Kier molecular flexibility index (Phi) is 5.91. The molecule has 0 spiro atoms. The van der Waals surface area contributed by atoms with Crippen LogP contribution in [0.4, 0.5) is 5.95 Å². The largest absolute Gasteiger partial charge is 2.00 e. The molecule has 0 atom stereocenters. The Balaban J connectivity index is 0.00000256. The molecule has 148 valence electrons. The van der Waals surface area contributed by atoms with Crippen LogP contribution in [0, 0.1) is 30.3 Å². The SMILES string of the molecule is [C-]#[N+]c1nc[c-]n1-c1cccc(C(C)(C)c2cccc(-n3[c-]cnc3C#N)n2)n1.[Pt+2]. The van der Waals surface area contributed by atoms with Crippen LogP contribution >= 0.6 is 0 Å². The van der Waals surface area contributed by atoms with E-state index in [1.54, 1.807) is 12.1 Å². The molecule has 0 bridgehead atoms. The zero-order valence-electron chi connectivity index (χ0n) is 16.0. The van der Waals surface area contributed by atoms with E-state index in [0.717, 1.165) is 11.4 Å². The first kappa shape index (κ1) is 21.1. The van der Waals surface area contributed by atoms with E-state index in [9.17, 15) is 5.26 Å². The van der Waals surface area contributed by atoms with Gasteiger partial charge in [-0.3, -0.25) is 9.97 Å². The number of nitriles is 1. The Morgan fingerprint density at radius 3 is 2.13 bits per heavy atom. The van der Waals surface area contributed by atoms with E-state index in [-0.39, 0.29) is 32.8 Å². The van der Waals surface area contributed by atoms with Gasteiger partial charge in [-0.2, -0.15) is 0 Å². The molecule has 0 radical (unpaired) electrons. The van der Waals surface area contributed by atoms with Gasteiger partial charge in [-0.05, 0) is 32.2 Å². The van der Waals surface area contributed by atoms with Crippen molar-refractivity contribution >= 4 is 5.95 Å². The first-order valence-electron chi connectivity index (χ1n) is 8.69. The summed E-state index contributed by atoms with van der Waals surface area (Å²) in [5.41, 5.74) is 0.997. The van der Waals surface area contributed by atoms with Gasteiger partial charge in [0, 0.05) is 28.8 Å². The second-order valence-electron chi connectivity index (χ2n) is 6.68. The number of aromatic nitrogens is 6. The quantitative estimate of drug-likeness (QED) is 0.350. The number of hydrogen-bond donors (Lipinski definition) is 0. The number of pyridine rings is 2. The molecule has 8 nitrogen and oxygen atoms in total. The summed E-state index contributed by atoms with van der Waals surface area (Å²) < 4.78 is 3.04. The third kappa shape index (κ3) is 3.66. The standard InChI is InChI=1S/C21H14N8.Pt/c1-21(2,15-6-4-8-17(26-15)28-12-10-24-19(28)14-22)16-7-5-9-18(27-16)29-13-11-25-20(29)23-3;/h4-11H,1-2H3;/q-2;+2. The molecule has 30 heavy (non-hydrogen) atoms. The van der Waals surface area contributed by atoms with Crippen LogP contribution in [0.15, 0.2) is 48.8 Å². The first-order valence-corrected chi connectivity index (χ1v) is 8.69. The number of imidazole rings is 2. The van der Waals surface area contributed by atoms with Gasteiger partial charge in [0.25, 0.3) is 0 Å². The summed E-state index contributed by atoms with van der Waals surface area (Å²) in [4.78, 5) is 20.8. The van der Waals surface area contributed by atoms with Crippen molar-refractivity contribution in [3.8, 4) is 17.7 Å². The maximum Gasteiger partial charge on any atom is 2.00 e. The molecule has 0 aliphatic carbocycles. The van der Waals surface area contributed by atoms with E-state index in [2.05, 4.69) is 27.2 Å². The summed E-state index contributed by atoms with van der Waals surface area (Å²) >= 11 is 0. The van der Waals surface area contributed by atoms with Crippen LogP contribution in [0.5, 0.6) is 0 Å². The minimum atomic E-state index is -0.543. The number of nitrogens with zero attached hydrogens (tertiary/aromatic N) is 8.